The summed E-state index contributed by atoms with van der Waals surface area (Å²) >= 11 is 0. The van der Waals surface area contributed by atoms with Crippen molar-refractivity contribution in [2.45, 2.75) is 16.7 Å². The molecule has 0 aliphatic rings. The van der Waals surface area contributed by atoms with Gasteiger partial charge in [-0.25, -0.2) is 15.6 Å². The highest BCUT2D eigenvalue weighted by Gasteiger charge is 2.28. The molecule has 0 heterocycles. The molecule has 1 rings (SSSR count). The average molecular weight is 420 g/mol. The van der Waals surface area contributed by atoms with Crippen molar-refractivity contribution in [1.82, 2.24) is 0 Å². The van der Waals surface area contributed by atoms with Crippen molar-refractivity contribution < 1.29 is 40.3 Å². The van der Waals surface area contributed by atoms with Crippen LogP contribution in [0.25, 0.3) is 0 Å². The molecule has 0 bridgehead atoms. The van der Waals surface area contributed by atoms with E-state index in [1.54, 1.807) is 0 Å². The van der Waals surface area contributed by atoms with Crippen LogP contribution < -0.4 is 10.9 Å². The summed E-state index contributed by atoms with van der Waals surface area (Å²) in [4.78, 5) is 22.3. The Morgan fingerprint density at radius 2 is 1.67 bits per heavy atom. The van der Waals surface area contributed by atoms with Gasteiger partial charge in [0.15, 0.2) is 0 Å². The Kier molecular flexibility index (Phi) is 6.63. The van der Waals surface area contributed by atoms with Crippen LogP contribution in [0.15, 0.2) is 52.3 Å². The molecule has 1 aromatic carbocycles. The molecule has 0 radical (unpaired) electrons. The quantitative estimate of drug-likeness (QED) is 0.104. The number of hydrogen-bond donors (Lipinski definition) is 3. The largest absolute Gasteiger partial charge is 0.462 e. The molecule has 1 aromatic rings. The summed E-state index contributed by atoms with van der Waals surface area (Å²) in [6.45, 7) is 8.12. The number of benzene rings is 1. The van der Waals surface area contributed by atoms with Crippen molar-refractivity contribution in [1.29, 1.82) is 0 Å². The molecule has 0 fully saturated rings. The first-order valence-corrected chi connectivity index (χ1v) is 9.83. The van der Waals surface area contributed by atoms with Crippen molar-refractivity contribution in [3.63, 3.8) is 0 Å². The average Bonchev–Trinajstić information content (AvgIpc) is 2.57. The number of hydrogen-bond acceptors (Lipinski definition) is 8. The summed E-state index contributed by atoms with van der Waals surface area (Å²) in [6, 6.07) is 1.83. The minimum absolute atomic E-state index is 0.0189. The molecular formula is C14H16N2O9S2. The summed E-state index contributed by atoms with van der Waals surface area (Å²) in [5.74, 6) is 3.31. The third kappa shape index (κ3) is 5.21. The number of amides is 1. The topological polar surface area (TPSA) is 181 Å². The van der Waals surface area contributed by atoms with Crippen LogP contribution in [-0.2, 0) is 34.6 Å². The van der Waals surface area contributed by atoms with Crippen molar-refractivity contribution >= 4 is 37.8 Å². The van der Waals surface area contributed by atoms with E-state index in [1.165, 1.54) is 6.92 Å². The second kappa shape index (κ2) is 7.98. The lowest BCUT2D eigenvalue weighted by atomic mass is 10.1. The van der Waals surface area contributed by atoms with E-state index < -0.39 is 58.7 Å². The van der Waals surface area contributed by atoms with Crippen LogP contribution in [0.2, 0.25) is 0 Å². The van der Waals surface area contributed by atoms with Crippen molar-refractivity contribution in [3.05, 3.63) is 42.5 Å². The smallest absolute Gasteiger partial charge is 0.338 e. The monoisotopic (exact) mass is 420 g/mol. The lowest BCUT2D eigenvalue weighted by Gasteiger charge is -2.21. The first-order chi connectivity index (χ1) is 12.2. The van der Waals surface area contributed by atoms with Gasteiger partial charge in [0.1, 0.15) is 4.90 Å². The molecule has 0 aromatic heterocycles. The fraction of sp³-hybridized carbons (Fsp3) is 0.143. The molecule has 0 saturated heterocycles. The first kappa shape index (κ1) is 22.5. The van der Waals surface area contributed by atoms with Gasteiger partial charge in [0.25, 0.3) is 26.1 Å². The number of anilines is 1. The van der Waals surface area contributed by atoms with E-state index in [0.717, 1.165) is 0 Å². The van der Waals surface area contributed by atoms with Crippen molar-refractivity contribution in [3.8, 4) is 0 Å². The van der Waals surface area contributed by atoms with E-state index >= 15 is 0 Å². The first-order valence-electron chi connectivity index (χ1n) is 6.95. The fourth-order valence-electron chi connectivity index (χ4n) is 1.79. The number of carbonyl (C=O) groups is 2. The number of rotatable bonds is 7. The normalized spacial score (nSPS) is 11.6. The summed E-state index contributed by atoms with van der Waals surface area (Å²) in [5.41, 5.74) is -1.85. The van der Waals surface area contributed by atoms with Crippen molar-refractivity contribution in [2.24, 2.45) is 5.84 Å². The predicted molar refractivity (Wildman–Crippen MR) is 92.7 cm³/mol. The maximum Gasteiger partial charge on any atom is 0.338 e. The van der Waals surface area contributed by atoms with E-state index in [2.05, 4.69) is 17.9 Å². The lowest BCUT2D eigenvalue weighted by Crippen LogP contribution is -2.40. The maximum atomic E-state index is 12.4. The molecule has 0 unspecified atom stereocenters. The second-order valence-electron chi connectivity index (χ2n) is 4.93. The number of esters is 1. The van der Waals surface area contributed by atoms with Gasteiger partial charge in [0, 0.05) is 5.57 Å². The van der Waals surface area contributed by atoms with Gasteiger partial charge in [0.2, 0.25) is 0 Å². The van der Waals surface area contributed by atoms with Crippen molar-refractivity contribution in [2.75, 3.05) is 11.6 Å². The number of carbonyl (C=O) groups excluding carboxylic acids is 2. The molecule has 1 amide bonds. The second-order valence-corrected chi connectivity index (χ2v) is 7.74. The van der Waals surface area contributed by atoms with Crippen LogP contribution in [-0.4, -0.2) is 44.4 Å². The van der Waals surface area contributed by atoms with Gasteiger partial charge in [-0.1, -0.05) is 13.2 Å². The lowest BCUT2D eigenvalue weighted by molar-refractivity contribution is -0.138. The molecule has 4 N–H and O–H groups in total. The predicted octanol–water partition coefficient (Wildman–Crippen LogP) is 0.0622. The Balaban J connectivity index is 3.45. The Hall–Kier alpha value is -2.58. The summed E-state index contributed by atoms with van der Waals surface area (Å²) < 4.78 is 68.4. The van der Waals surface area contributed by atoms with E-state index in [9.17, 15) is 31.0 Å². The van der Waals surface area contributed by atoms with Crippen LogP contribution in [0, 0.1) is 0 Å². The summed E-state index contributed by atoms with van der Waals surface area (Å²) in [6.07, 6.45) is 0. The molecule has 11 nitrogen and oxygen atoms in total. The SMILES string of the molecule is C=C(C(=C)C(=O)N(N)c1cc(S(=O)(=O)O)ccc1S(=O)(=O)O)C(=O)OCC. The van der Waals surface area contributed by atoms with Crippen LogP contribution in [0.5, 0.6) is 0 Å². The molecule has 0 atom stereocenters. The van der Waals surface area contributed by atoms with Crippen LogP contribution in [0.3, 0.4) is 0 Å². The molecule has 0 spiro atoms. The number of hydrazine groups is 1. The van der Waals surface area contributed by atoms with Gasteiger partial charge in [-0.2, -0.15) is 16.8 Å². The molecule has 27 heavy (non-hydrogen) atoms. The van der Waals surface area contributed by atoms with Crippen LogP contribution in [0.1, 0.15) is 6.92 Å². The Labute approximate surface area is 155 Å². The van der Waals surface area contributed by atoms with Gasteiger partial charge < -0.3 is 4.74 Å². The van der Waals surface area contributed by atoms with Gasteiger partial charge in [-0.3, -0.25) is 13.9 Å². The molecule has 13 heteroatoms. The van der Waals surface area contributed by atoms with Gasteiger partial charge in [-0.15, -0.1) is 0 Å². The molecular weight excluding hydrogens is 404 g/mol. The van der Waals surface area contributed by atoms with E-state index in [-0.39, 0.29) is 11.6 Å². The standard InChI is InChI=1S/C14H16N2O9S2/c1-4-25-14(18)9(3)8(2)13(17)16(15)11-7-10(26(19,20)21)5-6-12(11)27(22,23)24/h5-7H,2-4,15H2,1H3,(H,19,20,21)(H,22,23,24). The van der Waals surface area contributed by atoms with E-state index in [0.29, 0.717) is 18.2 Å². The third-order valence-corrected chi connectivity index (χ3v) is 4.88. The Morgan fingerprint density at radius 1 is 1.11 bits per heavy atom. The Morgan fingerprint density at radius 3 is 2.11 bits per heavy atom. The highest BCUT2D eigenvalue weighted by Crippen LogP contribution is 2.28. The highest BCUT2D eigenvalue weighted by atomic mass is 32.2. The van der Waals surface area contributed by atoms with Gasteiger partial charge >= 0.3 is 5.97 Å². The molecule has 0 aliphatic heterocycles. The summed E-state index contributed by atoms with van der Waals surface area (Å²) in [7, 11) is -9.73. The van der Waals surface area contributed by atoms with Crippen LogP contribution in [0.4, 0.5) is 5.69 Å². The van der Waals surface area contributed by atoms with Gasteiger partial charge in [0.05, 0.1) is 22.8 Å². The highest BCUT2D eigenvalue weighted by molar-refractivity contribution is 7.86. The minimum Gasteiger partial charge on any atom is -0.462 e. The molecule has 0 aliphatic carbocycles. The maximum absolute atomic E-state index is 12.4. The minimum atomic E-state index is -4.94. The summed E-state index contributed by atoms with van der Waals surface area (Å²) in [5, 5.41) is 0.129. The van der Waals surface area contributed by atoms with Crippen LogP contribution >= 0.6 is 0 Å². The zero-order valence-corrected chi connectivity index (χ0v) is 15.6. The number of nitrogens with two attached hydrogens (primary N) is 1. The van der Waals surface area contributed by atoms with E-state index in [4.69, 9.17) is 10.4 Å². The number of ether oxygens (including phenoxy) is 1. The van der Waals surface area contributed by atoms with E-state index in [1.807, 2.05) is 0 Å². The third-order valence-electron chi connectivity index (χ3n) is 3.13. The Bertz CT molecular complexity index is 1030. The molecule has 148 valence electrons. The zero-order valence-electron chi connectivity index (χ0n) is 13.9. The van der Waals surface area contributed by atoms with Gasteiger partial charge in [-0.05, 0) is 25.1 Å². The molecule has 0 saturated carbocycles. The zero-order chi connectivity index (χ0) is 21.2. The fourth-order valence-corrected chi connectivity index (χ4v) is 2.95. The number of nitrogens with zero attached hydrogens (tertiary/aromatic N) is 1.